The van der Waals surface area contributed by atoms with Crippen molar-refractivity contribution in [2.45, 2.75) is 6.43 Å². The van der Waals surface area contributed by atoms with Crippen molar-refractivity contribution in [1.29, 1.82) is 0 Å². The molecule has 0 atom stereocenters. The van der Waals surface area contributed by atoms with Gasteiger partial charge in [-0.2, -0.15) is 4.39 Å². The van der Waals surface area contributed by atoms with Crippen molar-refractivity contribution in [3.05, 3.63) is 31.5 Å². The smallest absolute Gasteiger partial charge is 0.269 e. The largest absolute Gasteiger partial charge is 0.298 e. The van der Waals surface area contributed by atoms with Crippen LogP contribution in [0.15, 0.2) is 10.9 Å². The van der Waals surface area contributed by atoms with Crippen LogP contribution in [0.4, 0.5) is 13.2 Å². The van der Waals surface area contributed by atoms with Gasteiger partial charge in [0.15, 0.2) is 0 Å². The Morgan fingerprint density at radius 2 is 2.08 bits per heavy atom. The van der Waals surface area contributed by atoms with Crippen molar-refractivity contribution in [2.24, 2.45) is 0 Å². The minimum atomic E-state index is -2.91. The zero-order valence-corrected chi connectivity index (χ0v) is 7.73. The summed E-state index contributed by atoms with van der Waals surface area (Å²) in [6.07, 6.45) is -2.91. The first-order valence-corrected chi connectivity index (χ1v) is 3.96. The van der Waals surface area contributed by atoms with E-state index in [0.29, 0.717) is 0 Å². The van der Waals surface area contributed by atoms with Gasteiger partial charge in [0.25, 0.3) is 12.0 Å². The zero-order chi connectivity index (χ0) is 9.30. The molecule has 0 spiro atoms. The summed E-state index contributed by atoms with van der Waals surface area (Å²) in [4.78, 5) is 12.2. The molecule has 0 bridgehead atoms. The lowest BCUT2D eigenvalue weighted by molar-refractivity contribution is 0.144. The Labute approximate surface area is 78.9 Å². The second kappa shape index (κ2) is 3.46. The monoisotopic (exact) mass is 289 g/mol. The maximum atomic E-state index is 12.6. The minimum absolute atomic E-state index is 0.0659. The van der Waals surface area contributed by atoms with Crippen molar-refractivity contribution in [2.75, 3.05) is 0 Å². The second-order valence-corrected chi connectivity index (χ2v) is 3.17. The van der Waals surface area contributed by atoms with Gasteiger partial charge in [-0.25, -0.2) is 8.78 Å². The topological polar surface area (TPSA) is 32.9 Å². The fraction of sp³-hybridized carbons (Fsp3) is 0.167. The molecule has 2 nitrogen and oxygen atoms in total. The molecule has 0 saturated carbocycles. The number of H-pyrrole nitrogens is 1. The summed E-state index contributed by atoms with van der Waals surface area (Å²) in [5.41, 5.74) is -1.48. The highest BCUT2D eigenvalue weighted by Gasteiger charge is 2.17. The lowest BCUT2D eigenvalue weighted by Gasteiger charge is -2.02. The number of rotatable bonds is 1. The second-order valence-electron chi connectivity index (χ2n) is 2.01. The number of nitrogens with one attached hydrogen (secondary N) is 1. The SMILES string of the molecule is O=c1cc(I)c(C(F)F)c(F)[nH]1. The van der Waals surface area contributed by atoms with Crippen molar-refractivity contribution >= 4 is 22.6 Å². The lowest BCUT2D eigenvalue weighted by atomic mass is 10.3. The van der Waals surface area contributed by atoms with Gasteiger partial charge in [-0.15, -0.1) is 0 Å². The van der Waals surface area contributed by atoms with Crippen LogP contribution < -0.4 is 5.56 Å². The number of hydrogen-bond donors (Lipinski definition) is 1. The van der Waals surface area contributed by atoms with E-state index < -0.39 is 23.5 Å². The Hall–Kier alpha value is -0.530. The summed E-state index contributed by atoms with van der Waals surface area (Å²) in [6.45, 7) is 0. The van der Waals surface area contributed by atoms with Crippen LogP contribution in [0.1, 0.15) is 12.0 Å². The van der Waals surface area contributed by atoms with Gasteiger partial charge in [0.2, 0.25) is 5.95 Å². The van der Waals surface area contributed by atoms with E-state index in [4.69, 9.17) is 0 Å². The van der Waals surface area contributed by atoms with Gasteiger partial charge in [-0.3, -0.25) is 9.78 Å². The maximum absolute atomic E-state index is 12.6. The third-order valence-electron chi connectivity index (χ3n) is 1.20. The molecular weight excluding hydrogens is 286 g/mol. The Balaban J connectivity index is 3.38. The third kappa shape index (κ3) is 1.79. The first kappa shape index (κ1) is 9.56. The summed E-state index contributed by atoms with van der Waals surface area (Å²) in [5.74, 6) is -1.26. The minimum Gasteiger partial charge on any atom is -0.298 e. The van der Waals surface area contributed by atoms with Crippen LogP contribution in [-0.2, 0) is 0 Å². The molecule has 0 aliphatic heterocycles. The van der Waals surface area contributed by atoms with Gasteiger partial charge in [-0.05, 0) is 22.6 Å². The van der Waals surface area contributed by atoms with Crippen LogP contribution in [0.3, 0.4) is 0 Å². The van der Waals surface area contributed by atoms with Crippen LogP contribution in [0.25, 0.3) is 0 Å². The van der Waals surface area contributed by atoms with E-state index in [1.165, 1.54) is 22.6 Å². The Morgan fingerprint density at radius 3 is 2.50 bits per heavy atom. The van der Waals surface area contributed by atoms with E-state index in [0.717, 1.165) is 6.07 Å². The molecule has 0 radical (unpaired) electrons. The van der Waals surface area contributed by atoms with Gasteiger partial charge in [0.05, 0.1) is 5.56 Å². The fourth-order valence-corrected chi connectivity index (χ4v) is 1.46. The predicted molar refractivity (Wildman–Crippen MR) is 44.7 cm³/mol. The molecule has 1 aromatic rings. The quantitative estimate of drug-likeness (QED) is 0.623. The first-order chi connectivity index (χ1) is 5.52. The van der Waals surface area contributed by atoms with Crippen molar-refractivity contribution in [1.82, 2.24) is 4.98 Å². The van der Waals surface area contributed by atoms with Crippen molar-refractivity contribution in [3.63, 3.8) is 0 Å². The molecule has 1 aromatic heterocycles. The molecule has 0 aliphatic carbocycles. The molecule has 1 N–H and O–H groups in total. The van der Waals surface area contributed by atoms with Gasteiger partial charge < -0.3 is 0 Å². The molecule has 12 heavy (non-hydrogen) atoms. The number of hydrogen-bond acceptors (Lipinski definition) is 1. The third-order valence-corrected chi connectivity index (χ3v) is 2.10. The average molecular weight is 289 g/mol. The number of alkyl halides is 2. The van der Waals surface area contributed by atoms with E-state index in [1.54, 1.807) is 4.98 Å². The Morgan fingerprint density at radius 1 is 1.50 bits per heavy atom. The summed E-state index contributed by atoms with van der Waals surface area (Å²) >= 11 is 1.49. The number of halogens is 4. The standard InChI is InChI=1S/C6H3F3INO/c7-5(8)4-2(10)1-3(12)11-6(4)9/h1,5H,(H,11,12). The number of pyridine rings is 1. The Kier molecular flexibility index (Phi) is 2.76. The molecule has 66 valence electrons. The molecular formula is C6H3F3INO. The molecule has 0 fully saturated rings. The highest BCUT2D eigenvalue weighted by molar-refractivity contribution is 14.1. The highest BCUT2D eigenvalue weighted by Crippen LogP contribution is 2.24. The zero-order valence-electron chi connectivity index (χ0n) is 5.57. The van der Waals surface area contributed by atoms with Gasteiger partial charge in [0, 0.05) is 9.64 Å². The fourth-order valence-electron chi connectivity index (χ4n) is 0.709. The van der Waals surface area contributed by atoms with E-state index in [-0.39, 0.29) is 3.57 Å². The summed E-state index contributed by atoms with van der Waals surface area (Å²) < 4.78 is 36.7. The predicted octanol–water partition coefficient (Wildman–Crippen LogP) is 2.06. The average Bonchev–Trinajstić information content (AvgIpc) is 1.82. The highest BCUT2D eigenvalue weighted by atomic mass is 127. The number of aromatic amines is 1. The van der Waals surface area contributed by atoms with Crippen LogP contribution in [-0.4, -0.2) is 4.98 Å². The van der Waals surface area contributed by atoms with E-state index in [9.17, 15) is 18.0 Å². The van der Waals surface area contributed by atoms with E-state index in [2.05, 4.69) is 0 Å². The Bertz CT molecular complexity index is 323. The maximum Gasteiger partial charge on any atom is 0.269 e. The van der Waals surface area contributed by atoms with Crippen molar-refractivity contribution in [3.8, 4) is 0 Å². The molecule has 0 amide bonds. The van der Waals surface area contributed by atoms with Crippen LogP contribution in [0, 0.1) is 9.52 Å². The van der Waals surface area contributed by atoms with Gasteiger partial charge in [-0.1, -0.05) is 0 Å². The molecule has 0 aliphatic rings. The molecule has 1 rings (SSSR count). The molecule has 1 heterocycles. The van der Waals surface area contributed by atoms with Crippen molar-refractivity contribution < 1.29 is 13.2 Å². The number of aromatic nitrogens is 1. The molecule has 0 aromatic carbocycles. The van der Waals surface area contributed by atoms with Crippen LogP contribution in [0.2, 0.25) is 0 Å². The summed E-state index contributed by atoms with van der Waals surface area (Å²) in [5, 5.41) is 0. The summed E-state index contributed by atoms with van der Waals surface area (Å²) in [6, 6.07) is 0.922. The normalized spacial score (nSPS) is 10.8. The van der Waals surface area contributed by atoms with E-state index >= 15 is 0 Å². The molecule has 0 unspecified atom stereocenters. The first-order valence-electron chi connectivity index (χ1n) is 2.88. The van der Waals surface area contributed by atoms with E-state index in [1.807, 2.05) is 0 Å². The van der Waals surface area contributed by atoms with Gasteiger partial charge >= 0.3 is 0 Å². The lowest BCUT2D eigenvalue weighted by Crippen LogP contribution is -2.11. The van der Waals surface area contributed by atoms with Gasteiger partial charge in [0.1, 0.15) is 0 Å². The van der Waals surface area contributed by atoms with Crippen LogP contribution >= 0.6 is 22.6 Å². The summed E-state index contributed by atoms with van der Waals surface area (Å²) in [7, 11) is 0. The molecule has 0 saturated heterocycles. The molecule has 6 heteroatoms. The van der Waals surface area contributed by atoms with Crippen LogP contribution in [0.5, 0.6) is 0 Å².